The molecule has 0 radical (unpaired) electrons. The van der Waals surface area contributed by atoms with Crippen LogP contribution in [0.2, 0.25) is 0 Å². The Morgan fingerprint density at radius 2 is 2.08 bits per heavy atom. The van der Waals surface area contributed by atoms with E-state index in [-0.39, 0.29) is 17.4 Å². The van der Waals surface area contributed by atoms with Crippen LogP contribution in [0.15, 0.2) is 41.8 Å². The summed E-state index contributed by atoms with van der Waals surface area (Å²) < 4.78 is 10.8. The third-order valence-corrected chi connectivity index (χ3v) is 5.61. The Hall–Kier alpha value is -1.85. The smallest absolute Gasteiger partial charge is 0.231 e. The van der Waals surface area contributed by atoms with E-state index in [0.717, 1.165) is 17.7 Å². The normalized spacial score (nSPS) is 18.0. The molecule has 1 aromatic heterocycles. The zero-order valence-corrected chi connectivity index (χ0v) is 15.8. The Morgan fingerprint density at radius 1 is 1.32 bits per heavy atom. The van der Waals surface area contributed by atoms with Crippen molar-refractivity contribution in [1.29, 1.82) is 0 Å². The van der Waals surface area contributed by atoms with Crippen LogP contribution in [0.4, 0.5) is 0 Å². The molecule has 1 aliphatic heterocycles. The molecule has 1 amide bonds. The van der Waals surface area contributed by atoms with Gasteiger partial charge in [-0.1, -0.05) is 18.2 Å². The number of morpholine rings is 1. The van der Waals surface area contributed by atoms with Crippen molar-refractivity contribution < 1.29 is 14.3 Å². The van der Waals surface area contributed by atoms with Crippen molar-refractivity contribution in [3.05, 3.63) is 52.2 Å². The van der Waals surface area contributed by atoms with Crippen LogP contribution in [0.3, 0.4) is 0 Å². The molecule has 4 nitrogen and oxygen atoms in total. The second kappa shape index (κ2) is 7.58. The van der Waals surface area contributed by atoms with Crippen LogP contribution >= 0.6 is 11.3 Å². The minimum atomic E-state index is -0.282. The van der Waals surface area contributed by atoms with E-state index in [1.54, 1.807) is 18.4 Å². The van der Waals surface area contributed by atoms with Gasteiger partial charge in [-0.2, -0.15) is 0 Å². The predicted molar refractivity (Wildman–Crippen MR) is 100 cm³/mol. The van der Waals surface area contributed by atoms with Crippen molar-refractivity contribution in [3.8, 4) is 5.75 Å². The molecule has 1 aliphatic rings. The van der Waals surface area contributed by atoms with Gasteiger partial charge in [0, 0.05) is 11.4 Å². The maximum absolute atomic E-state index is 13.4. The van der Waals surface area contributed by atoms with Gasteiger partial charge in [0.05, 0.1) is 31.8 Å². The third-order valence-electron chi connectivity index (χ3n) is 4.71. The van der Waals surface area contributed by atoms with Crippen LogP contribution in [0, 0.1) is 0 Å². The molecule has 1 saturated heterocycles. The number of ether oxygens (including phenoxy) is 2. The zero-order valence-electron chi connectivity index (χ0n) is 15.0. The highest BCUT2D eigenvalue weighted by atomic mass is 32.1. The molecule has 25 heavy (non-hydrogen) atoms. The van der Waals surface area contributed by atoms with Gasteiger partial charge in [0.1, 0.15) is 5.75 Å². The molecule has 1 aromatic carbocycles. The Balaban J connectivity index is 1.90. The molecule has 0 N–H and O–H groups in total. The van der Waals surface area contributed by atoms with Crippen LogP contribution in [-0.2, 0) is 16.0 Å². The second-order valence-corrected chi connectivity index (χ2v) is 8.00. The van der Waals surface area contributed by atoms with Crippen LogP contribution < -0.4 is 4.74 Å². The predicted octanol–water partition coefficient (Wildman–Crippen LogP) is 3.72. The topological polar surface area (TPSA) is 38.8 Å². The number of carbonyl (C=O) groups excluding carboxylic acids is 1. The molecule has 1 fully saturated rings. The number of benzene rings is 1. The fourth-order valence-electron chi connectivity index (χ4n) is 3.27. The van der Waals surface area contributed by atoms with E-state index in [4.69, 9.17) is 9.47 Å². The monoisotopic (exact) mass is 359 g/mol. The molecule has 0 saturated carbocycles. The fourth-order valence-corrected chi connectivity index (χ4v) is 4.02. The number of hydrogen-bond donors (Lipinski definition) is 0. The minimum absolute atomic E-state index is 0.173. The summed E-state index contributed by atoms with van der Waals surface area (Å²) in [6.07, 6.45) is 0.719. The first-order valence-corrected chi connectivity index (χ1v) is 9.45. The van der Waals surface area contributed by atoms with Crippen LogP contribution in [0.1, 0.15) is 30.2 Å². The minimum Gasteiger partial charge on any atom is -0.497 e. The summed E-state index contributed by atoms with van der Waals surface area (Å²) in [5, 5.41) is 2.06. The summed E-state index contributed by atoms with van der Waals surface area (Å²) in [5.41, 5.74) is 0.747. The highest BCUT2D eigenvalue weighted by Crippen LogP contribution is 2.30. The number of carbonyl (C=O) groups is 1. The lowest BCUT2D eigenvalue weighted by Gasteiger charge is -2.43. The summed E-state index contributed by atoms with van der Waals surface area (Å²) in [4.78, 5) is 16.6. The van der Waals surface area contributed by atoms with E-state index in [1.807, 2.05) is 35.2 Å². The third kappa shape index (κ3) is 4.05. The van der Waals surface area contributed by atoms with E-state index >= 15 is 0 Å². The Morgan fingerprint density at radius 3 is 2.68 bits per heavy atom. The quantitative estimate of drug-likeness (QED) is 0.817. The molecule has 1 atom stereocenters. The average Bonchev–Trinajstić information content (AvgIpc) is 3.12. The van der Waals surface area contributed by atoms with E-state index in [9.17, 15) is 4.79 Å². The number of amides is 1. The van der Waals surface area contributed by atoms with Gasteiger partial charge < -0.3 is 14.4 Å². The highest BCUT2D eigenvalue weighted by Gasteiger charge is 2.37. The SMILES string of the molecule is COc1ccc(C(Cc2cccs2)C(=O)N2CCOCC2(C)C)cc1. The molecule has 0 bridgehead atoms. The Labute approximate surface area is 153 Å². The molecule has 0 aliphatic carbocycles. The maximum atomic E-state index is 13.4. The van der Waals surface area contributed by atoms with E-state index in [1.165, 1.54) is 4.88 Å². The average molecular weight is 359 g/mol. The van der Waals surface area contributed by atoms with E-state index in [2.05, 4.69) is 25.3 Å². The van der Waals surface area contributed by atoms with Gasteiger partial charge in [0.25, 0.3) is 0 Å². The molecule has 2 aromatic rings. The van der Waals surface area contributed by atoms with Gasteiger partial charge in [-0.05, 0) is 49.4 Å². The number of methoxy groups -OCH3 is 1. The van der Waals surface area contributed by atoms with Crippen LogP contribution in [0.5, 0.6) is 5.75 Å². The van der Waals surface area contributed by atoms with Gasteiger partial charge in [0.2, 0.25) is 5.91 Å². The summed E-state index contributed by atoms with van der Waals surface area (Å²) in [5.74, 6) is 0.784. The van der Waals surface area contributed by atoms with Gasteiger partial charge in [-0.25, -0.2) is 0 Å². The largest absolute Gasteiger partial charge is 0.497 e. The molecular weight excluding hydrogens is 334 g/mol. The van der Waals surface area contributed by atoms with Crippen molar-refractivity contribution in [2.75, 3.05) is 26.9 Å². The standard InChI is InChI=1S/C20H25NO3S/c1-20(2)14-24-11-10-21(20)19(22)18(13-17-5-4-12-25-17)15-6-8-16(23-3)9-7-15/h4-9,12,18H,10-11,13-14H2,1-3H3. The molecule has 3 rings (SSSR count). The van der Waals surface area contributed by atoms with Crippen LogP contribution in [-0.4, -0.2) is 43.2 Å². The number of rotatable bonds is 5. The number of thiophene rings is 1. The van der Waals surface area contributed by atoms with Crippen molar-refractivity contribution in [2.24, 2.45) is 0 Å². The fraction of sp³-hybridized carbons (Fsp3) is 0.450. The van der Waals surface area contributed by atoms with E-state index < -0.39 is 0 Å². The van der Waals surface area contributed by atoms with Gasteiger partial charge in [-0.15, -0.1) is 11.3 Å². The van der Waals surface area contributed by atoms with Crippen molar-refractivity contribution in [2.45, 2.75) is 31.7 Å². The maximum Gasteiger partial charge on any atom is 0.231 e. The molecular formula is C20H25NO3S. The lowest BCUT2D eigenvalue weighted by molar-refractivity contribution is -0.148. The summed E-state index contributed by atoms with van der Waals surface area (Å²) in [7, 11) is 1.65. The number of nitrogens with zero attached hydrogens (tertiary/aromatic N) is 1. The lowest BCUT2D eigenvalue weighted by Crippen LogP contribution is -2.56. The zero-order chi connectivity index (χ0) is 17.9. The Bertz CT molecular complexity index is 694. The molecule has 134 valence electrons. The summed E-state index contributed by atoms with van der Waals surface area (Å²) in [6, 6.07) is 12.0. The van der Waals surface area contributed by atoms with Gasteiger partial charge in [0.15, 0.2) is 0 Å². The molecule has 1 unspecified atom stereocenters. The summed E-state index contributed by atoms with van der Waals surface area (Å²) >= 11 is 1.70. The summed E-state index contributed by atoms with van der Waals surface area (Å²) in [6.45, 7) is 5.96. The lowest BCUT2D eigenvalue weighted by atomic mass is 9.90. The Kier molecular flexibility index (Phi) is 5.45. The highest BCUT2D eigenvalue weighted by molar-refractivity contribution is 7.09. The second-order valence-electron chi connectivity index (χ2n) is 6.96. The molecule has 0 spiro atoms. The van der Waals surface area contributed by atoms with E-state index in [0.29, 0.717) is 19.8 Å². The first kappa shape index (κ1) is 18.0. The van der Waals surface area contributed by atoms with Crippen molar-refractivity contribution in [1.82, 2.24) is 4.90 Å². The van der Waals surface area contributed by atoms with Crippen LogP contribution in [0.25, 0.3) is 0 Å². The van der Waals surface area contributed by atoms with Crippen molar-refractivity contribution >= 4 is 17.2 Å². The van der Waals surface area contributed by atoms with Gasteiger partial charge in [-0.3, -0.25) is 4.79 Å². The van der Waals surface area contributed by atoms with Crippen molar-refractivity contribution in [3.63, 3.8) is 0 Å². The van der Waals surface area contributed by atoms with Gasteiger partial charge >= 0.3 is 0 Å². The first-order valence-electron chi connectivity index (χ1n) is 8.57. The number of hydrogen-bond acceptors (Lipinski definition) is 4. The first-order chi connectivity index (χ1) is 12.0. The molecule has 2 heterocycles. The molecule has 5 heteroatoms.